The summed E-state index contributed by atoms with van der Waals surface area (Å²) < 4.78 is 21.5. The Morgan fingerprint density at radius 2 is 2.24 bits per heavy atom. The SMILES string of the molecule is CCOc1ccc(-c2nc([C@H]3CCOC3)no2)cc1OC. The molecule has 3 rings (SSSR count). The maximum Gasteiger partial charge on any atom is 0.258 e. The van der Waals surface area contributed by atoms with Crippen molar-refractivity contribution < 1.29 is 18.7 Å². The number of ether oxygens (including phenoxy) is 3. The Morgan fingerprint density at radius 3 is 2.95 bits per heavy atom. The van der Waals surface area contributed by atoms with Crippen molar-refractivity contribution in [2.45, 2.75) is 19.3 Å². The van der Waals surface area contributed by atoms with Crippen LogP contribution in [0.1, 0.15) is 25.1 Å². The largest absolute Gasteiger partial charge is 0.493 e. The molecule has 1 aliphatic rings. The minimum Gasteiger partial charge on any atom is -0.493 e. The zero-order valence-electron chi connectivity index (χ0n) is 12.2. The van der Waals surface area contributed by atoms with E-state index in [-0.39, 0.29) is 5.92 Å². The first-order chi connectivity index (χ1) is 10.3. The minimum atomic E-state index is 0.229. The maximum atomic E-state index is 5.50. The van der Waals surface area contributed by atoms with Crippen LogP contribution in [0, 0.1) is 0 Å². The number of rotatable bonds is 5. The molecule has 2 aromatic rings. The Labute approximate surface area is 123 Å². The highest BCUT2D eigenvalue weighted by atomic mass is 16.5. The molecule has 1 aromatic heterocycles. The highest BCUT2D eigenvalue weighted by Gasteiger charge is 2.23. The van der Waals surface area contributed by atoms with Crippen LogP contribution in [0.15, 0.2) is 22.7 Å². The zero-order chi connectivity index (χ0) is 14.7. The van der Waals surface area contributed by atoms with E-state index in [2.05, 4.69) is 10.1 Å². The second-order valence-electron chi connectivity index (χ2n) is 4.82. The molecular formula is C15H18N2O4. The Bertz CT molecular complexity index is 605. The van der Waals surface area contributed by atoms with Crippen molar-refractivity contribution >= 4 is 0 Å². The van der Waals surface area contributed by atoms with E-state index in [0.717, 1.165) is 18.6 Å². The molecule has 0 N–H and O–H groups in total. The van der Waals surface area contributed by atoms with Gasteiger partial charge in [-0.15, -0.1) is 0 Å². The van der Waals surface area contributed by atoms with Gasteiger partial charge in [0.25, 0.3) is 5.89 Å². The molecule has 0 bridgehead atoms. The van der Waals surface area contributed by atoms with Crippen molar-refractivity contribution in [2.75, 3.05) is 26.9 Å². The van der Waals surface area contributed by atoms with Gasteiger partial charge in [-0.25, -0.2) is 0 Å². The number of aromatic nitrogens is 2. The fourth-order valence-corrected chi connectivity index (χ4v) is 2.33. The van der Waals surface area contributed by atoms with Crippen LogP contribution in [-0.2, 0) is 4.74 Å². The molecule has 0 unspecified atom stereocenters. The lowest BCUT2D eigenvalue weighted by Gasteiger charge is -2.09. The molecule has 1 aromatic carbocycles. The quantitative estimate of drug-likeness (QED) is 0.843. The van der Waals surface area contributed by atoms with Gasteiger partial charge in [0, 0.05) is 18.1 Å². The second kappa shape index (κ2) is 6.13. The van der Waals surface area contributed by atoms with Gasteiger partial charge >= 0.3 is 0 Å². The number of hydrogen-bond acceptors (Lipinski definition) is 6. The first-order valence-electron chi connectivity index (χ1n) is 7.04. The molecule has 0 saturated carbocycles. The predicted octanol–water partition coefficient (Wildman–Crippen LogP) is 2.65. The van der Waals surface area contributed by atoms with Gasteiger partial charge in [-0.2, -0.15) is 4.98 Å². The molecule has 0 aliphatic carbocycles. The molecule has 0 radical (unpaired) electrons. The molecule has 2 heterocycles. The summed E-state index contributed by atoms with van der Waals surface area (Å²) in [5.41, 5.74) is 0.813. The average Bonchev–Trinajstić information content (AvgIpc) is 3.19. The minimum absolute atomic E-state index is 0.229. The van der Waals surface area contributed by atoms with Gasteiger partial charge in [0.1, 0.15) is 0 Å². The normalized spacial score (nSPS) is 17.9. The van der Waals surface area contributed by atoms with Gasteiger partial charge in [0.05, 0.1) is 20.3 Å². The summed E-state index contributed by atoms with van der Waals surface area (Å²) in [6, 6.07) is 5.57. The Morgan fingerprint density at radius 1 is 1.33 bits per heavy atom. The monoisotopic (exact) mass is 290 g/mol. The lowest BCUT2D eigenvalue weighted by atomic mass is 10.1. The Kier molecular flexibility index (Phi) is 4.06. The summed E-state index contributed by atoms with van der Waals surface area (Å²) in [4.78, 5) is 4.46. The smallest absolute Gasteiger partial charge is 0.258 e. The van der Waals surface area contributed by atoms with Crippen LogP contribution < -0.4 is 9.47 Å². The van der Waals surface area contributed by atoms with Crippen LogP contribution in [0.5, 0.6) is 11.5 Å². The molecule has 21 heavy (non-hydrogen) atoms. The van der Waals surface area contributed by atoms with Crippen molar-refractivity contribution in [1.82, 2.24) is 10.1 Å². The predicted molar refractivity (Wildman–Crippen MR) is 75.6 cm³/mol. The Balaban J connectivity index is 1.86. The van der Waals surface area contributed by atoms with Crippen molar-refractivity contribution in [3.8, 4) is 23.0 Å². The van der Waals surface area contributed by atoms with Crippen molar-refractivity contribution in [3.05, 3.63) is 24.0 Å². The van der Waals surface area contributed by atoms with Crippen LogP contribution in [0.4, 0.5) is 0 Å². The van der Waals surface area contributed by atoms with Crippen LogP contribution in [0.25, 0.3) is 11.5 Å². The lowest BCUT2D eigenvalue weighted by molar-refractivity contribution is 0.192. The van der Waals surface area contributed by atoms with Gasteiger partial charge in [-0.05, 0) is 31.5 Å². The molecule has 6 heteroatoms. The van der Waals surface area contributed by atoms with Crippen molar-refractivity contribution in [1.29, 1.82) is 0 Å². The van der Waals surface area contributed by atoms with E-state index in [0.29, 0.717) is 36.4 Å². The molecule has 0 amide bonds. The van der Waals surface area contributed by atoms with E-state index < -0.39 is 0 Å². The maximum absolute atomic E-state index is 5.50. The lowest BCUT2D eigenvalue weighted by Crippen LogP contribution is -1.99. The zero-order valence-corrected chi connectivity index (χ0v) is 12.2. The van der Waals surface area contributed by atoms with E-state index >= 15 is 0 Å². The van der Waals surface area contributed by atoms with Gasteiger partial charge in [0.15, 0.2) is 17.3 Å². The summed E-state index contributed by atoms with van der Waals surface area (Å²) >= 11 is 0. The van der Waals surface area contributed by atoms with Gasteiger partial charge < -0.3 is 18.7 Å². The highest BCUT2D eigenvalue weighted by molar-refractivity contribution is 5.59. The van der Waals surface area contributed by atoms with Crippen LogP contribution in [0.2, 0.25) is 0 Å². The number of hydrogen-bond donors (Lipinski definition) is 0. The van der Waals surface area contributed by atoms with E-state index in [1.54, 1.807) is 7.11 Å². The van der Waals surface area contributed by atoms with Gasteiger partial charge in [-0.1, -0.05) is 5.16 Å². The molecule has 6 nitrogen and oxygen atoms in total. The number of benzene rings is 1. The summed E-state index contributed by atoms with van der Waals surface area (Å²) in [7, 11) is 1.61. The number of nitrogens with zero attached hydrogens (tertiary/aromatic N) is 2. The third kappa shape index (κ3) is 2.85. The first kappa shape index (κ1) is 13.9. The molecular weight excluding hydrogens is 272 g/mol. The molecule has 1 saturated heterocycles. The fourth-order valence-electron chi connectivity index (χ4n) is 2.33. The average molecular weight is 290 g/mol. The molecule has 112 valence electrons. The van der Waals surface area contributed by atoms with Gasteiger partial charge in [0.2, 0.25) is 0 Å². The Hall–Kier alpha value is -2.08. The van der Waals surface area contributed by atoms with Crippen molar-refractivity contribution in [3.63, 3.8) is 0 Å². The topological polar surface area (TPSA) is 66.6 Å². The van der Waals surface area contributed by atoms with E-state index in [4.69, 9.17) is 18.7 Å². The van der Waals surface area contributed by atoms with E-state index in [1.165, 1.54) is 0 Å². The van der Waals surface area contributed by atoms with Crippen molar-refractivity contribution in [2.24, 2.45) is 0 Å². The number of methoxy groups -OCH3 is 1. The summed E-state index contributed by atoms with van der Waals surface area (Å²) in [6.07, 6.45) is 0.936. The van der Waals surface area contributed by atoms with E-state index in [9.17, 15) is 0 Å². The van der Waals surface area contributed by atoms with Gasteiger partial charge in [-0.3, -0.25) is 0 Å². The second-order valence-corrected chi connectivity index (χ2v) is 4.82. The molecule has 1 atom stereocenters. The van der Waals surface area contributed by atoms with Crippen LogP contribution in [0.3, 0.4) is 0 Å². The van der Waals surface area contributed by atoms with Crippen LogP contribution >= 0.6 is 0 Å². The summed E-state index contributed by atoms with van der Waals surface area (Å²) in [6.45, 7) is 3.93. The molecule has 1 aliphatic heterocycles. The first-order valence-corrected chi connectivity index (χ1v) is 7.04. The summed E-state index contributed by atoms with van der Waals surface area (Å²) in [5.74, 6) is 2.77. The third-order valence-corrected chi connectivity index (χ3v) is 3.45. The third-order valence-electron chi connectivity index (χ3n) is 3.45. The van der Waals surface area contributed by atoms with Crippen LogP contribution in [-0.4, -0.2) is 37.1 Å². The highest BCUT2D eigenvalue weighted by Crippen LogP contribution is 2.33. The summed E-state index contributed by atoms with van der Waals surface area (Å²) in [5, 5.41) is 4.05. The molecule has 0 spiro atoms. The molecule has 1 fully saturated rings. The van der Waals surface area contributed by atoms with E-state index in [1.807, 2.05) is 25.1 Å². The standard InChI is InChI=1S/C15H18N2O4/c1-3-20-12-5-4-10(8-13(12)18-2)15-16-14(17-21-15)11-6-7-19-9-11/h4-5,8,11H,3,6-7,9H2,1-2H3/t11-/m0/s1. The fraction of sp³-hybridized carbons (Fsp3) is 0.467.